The van der Waals surface area contributed by atoms with E-state index in [1.54, 1.807) is 11.3 Å². The molecule has 0 aliphatic rings. The van der Waals surface area contributed by atoms with E-state index in [0.29, 0.717) is 17.5 Å². The molecule has 0 amide bonds. The quantitative estimate of drug-likeness (QED) is 0.187. The fraction of sp³-hybridized carbons (Fsp3) is 0. The summed E-state index contributed by atoms with van der Waals surface area (Å²) in [6.07, 6.45) is 0. The van der Waals surface area contributed by atoms with Crippen LogP contribution in [0.3, 0.4) is 0 Å². The summed E-state index contributed by atoms with van der Waals surface area (Å²) >= 11 is 1.79. The predicted molar refractivity (Wildman–Crippen MR) is 211 cm³/mol. The minimum atomic E-state index is 0.601. The molecule has 5 nitrogen and oxygen atoms in total. The molecule has 4 heterocycles. The van der Waals surface area contributed by atoms with Crippen molar-refractivity contribution in [2.75, 3.05) is 0 Å². The molecule has 0 fully saturated rings. The van der Waals surface area contributed by atoms with Crippen LogP contribution in [0.5, 0.6) is 0 Å². The lowest BCUT2D eigenvalue weighted by Crippen LogP contribution is -2.00. The van der Waals surface area contributed by atoms with Crippen molar-refractivity contribution in [1.29, 1.82) is 0 Å². The number of rotatable bonds is 4. The largest absolute Gasteiger partial charge is 0.456 e. The van der Waals surface area contributed by atoms with Gasteiger partial charge in [0.2, 0.25) is 0 Å². The zero-order chi connectivity index (χ0) is 33.5. The van der Waals surface area contributed by atoms with Gasteiger partial charge in [0.05, 0.1) is 11.0 Å². The van der Waals surface area contributed by atoms with Crippen molar-refractivity contribution in [1.82, 2.24) is 19.5 Å². The fourth-order valence-corrected chi connectivity index (χ4v) is 8.61. The summed E-state index contributed by atoms with van der Waals surface area (Å²) in [4.78, 5) is 15.1. The Balaban J connectivity index is 1.05. The third-order valence-corrected chi connectivity index (χ3v) is 11.0. The Kier molecular flexibility index (Phi) is 6.05. The number of para-hydroxylation sites is 2. The van der Waals surface area contributed by atoms with Gasteiger partial charge in [0.1, 0.15) is 11.2 Å². The van der Waals surface area contributed by atoms with Crippen molar-refractivity contribution in [2.24, 2.45) is 0 Å². The van der Waals surface area contributed by atoms with E-state index >= 15 is 0 Å². The molecule has 0 bridgehead atoms. The summed E-state index contributed by atoms with van der Waals surface area (Å²) in [6.45, 7) is 0. The minimum Gasteiger partial charge on any atom is -0.456 e. The molecule has 0 unspecified atom stereocenters. The zero-order valence-electron chi connectivity index (χ0n) is 27.1. The topological polar surface area (TPSA) is 56.7 Å². The molecule has 7 aromatic carbocycles. The van der Waals surface area contributed by atoms with Crippen molar-refractivity contribution in [3.8, 4) is 39.9 Å². The van der Waals surface area contributed by atoms with Crippen LogP contribution in [-0.4, -0.2) is 19.5 Å². The van der Waals surface area contributed by atoms with E-state index in [2.05, 4.69) is 132 Å². The van der Waals surface area contributed by atoms with Gasteiger partial charge in [-0.15, -0.1) is 11.3 Å². The molecule has 0 aliphatic heterocycles. The van der Waals surface area contributed by atoms with Crippen LogP contribution in [-0.2, 0) is 0 Å². The van der Waals surface area contributed by atoms with Gasteiger partial charge in [0.25, 0.3) is 0 Å². The van der Waals surface area contributed by atoms with Gasteiger partial charge in [-0.1, -0.05) is 103 Å². The van der Waals surface area contributed by atoms with E-state index in [-0.39, 0.29) is 0 Å². The van der Waals surface area contributed by atoms with Gasteiger partial charge in [-0.3, -0.25) is 0 Å². The van der Waals surface area contributed by atoms with Gasteiger partial charge >= 0.3 is 0 Å². The van der Waals surface area contributed by atoms with Gasteiger partial charge in [-0.25, -0.2) is 15.0 Å². The zero-order valence-corrected chi connectivity index (χ0v) is 27.9. The summed E-state index contributed by atoms with van der Waals surface area (Å²) in [5.41, 5.74) is 7.78. The first-order valence-corrected chi connectivity index (χ1v) is 17.8. The first-order chi connectivity index (χ1) is 25.2. The second kappa shape index (κ2) is 10.9. The smallest absolute Gasteiger partial charge is 0.164 e. The number of thiophene rings is 1. The molecule has 0 saturated heterocycles. The highest BCUT2D eigenvalue weighted by Gasteiger charge is 2.17. The molecule has 0 saturated carbocycles. The van der Waals surface area contributed by atoms with Crippen LogP contribution in [0.25, 0.3) is 104 Å². The number of fused-ring (bicyclic) bond motifs is 9. The average molecular weight is 671 g/mol. The Bertz CT molecular complexity index is 3100. The molecule has 0 N–H and O–H groups in total. The lowest BCUT2D eigenvalue weighted by atomic mass is 10.1. The Labute approximate surface area is 295 Å². The van der Waals surface area contributed by atoms with Gasteiger partial charge in [-0.05, 0) is 48.5 Å². The summed E-state index contributed by atoms with van der Waals surface area (Å²) in [7, 11) is 0. The Hall–Kier alpha value is -6.63. The van der Waals surface area contributed by atoms with Gasteiger partial charge < -0.3 is 8.98 Å². The van der Waals surface area contributed by atoms with Crippen LogP contribution >= 0.6 is 11.3 Å². The Morgan fingerprint density at radius 3 is 1.65 bits per heavy atom. The molecule has 0 aliphatic carbocycles. The van der Waals surface area contributed by atoms with Gasteiger partial charge in [-0.2, -0.15) is 0 Å². The summed E-state index contributed by atoms with van der Waals surface area (Å²) in [5, 5.41) is 7.10. The van der Waals surface area contributed by atoms with E-state index in [1.165, 1.54) is 42.0 Å². The van der Waals surface area contributed by atoms with Gasteiger partial charge in [0, 0.05) is 70.2 Å². The first kappa shape index (κ1) is 28.2. The number of nitrogens with zero attached hydrogens (tertiary/aromatic N) is 4. The second-order valence-electron chi connectivity index (χ2n) is 12.8. The van der Waals surface area contributed by atoms with Crippen LogP contribution < -0.4 is 0 Å². The van der Waals surface area contributed by atoms with Crippen LogP contribution in [0, 0.1) is 0 Å². The summed E-state index contributed by atoms with van der Waals surface area (Å²) < 4.78 is 11.4. The summed E-state index contributed by atoms with van der Waals surface area (Å²) in [6, 6.07) is 55.0. The highest BCUT2D eigenvalue weighted by atomic mass is 32.1. The lowest BCUT2D eigenvalue weighted by molar-refractivity contribution is 0.668. The molecular weight excluding hydrogens is 645 g/mol. The molecule has 238 valence electrons. The molecule has 6 heteroatoms. The van der Waals surface area contributed by atoms with Crippen molar-refractivity contribution >= 4 is 75.3 Å². The predicted octanol–water partition coefficient (Wildman–Crippen LogP) is 12.2. The third-order valence-electron chi connectivity index (χ3n) is 9.86. The van der Waals surface area contributed by atoms with Crippen molar-refractivity contribution in [2.45, 2.75) is 0 Å². The second-order valence-corrected chi connectivity index (χ2v) is 13.9. The molecule has 0 atom stereocenters. The number of hydrogen-bond donors (Lipinski definition) is 0. The van der Waals surface area contributed by atoms with Crippen LogP contribution in [0.2, 0.25) is 0 Å². The van der Waals surface area contributed by atoms with E-state index in [1.807, 2.05) is 30.3 Å². The van der Waals surface area contributed by atoms with Crippen LogP contribution in [0.1, 0.15) is 0 Å². The van der Waals surface area contributed by atoms with E-state index < -0.39 is 0 Å². The molecule has 11 rings (SSSR count). The van der Waals surface area contributed by atoms with Crippen LogP contribution in [0.15, 0.2) is 162 Å². The molecule has 0 radical (unpaired) electrons. The summed E-state index contributed by atoms with van der Waals surface area (Å²) in [5.74, 6) is 1.87. The highest BCUT2D eigenvalue weighted by molar-refractivity contribution is 7.25. The Morgan fingerprint density at radius 2 is 0.922 bits per heavy atom. The number of aromatic nitrogens is 4. The molecule has 0 spiro atoms. The van der Waals surface area contributed by atoms with Crippen LogP contribution in [0.4, 0.5) is 0 Å². The van der Waals surface area contributed by atoms with Crippen molar-refractivity contribution in [3.05, 3.63) is 158 Å². The molecule has 51 heavy (non-hydrogen) atoms. The normalized spacial score (nSPS) is 11.9. The number of hydrogen-bond acceptors (Lipinski definition) is 5. The lowest BCUT2D eigenvalue weighted by Gasteiger charge is -2.08. The van der Waals surface area contributed by atoms with E-state index in [0.717, 1.165) is 44.3 Å². The molecular formula is C45H26N4OS. The SMILES string of the molecule is c1ccc(-c2nc(-c3ccc4c(c3)oc3cc(-n5c6ccccc6c6ccccc65)ccc34)nc(-c3ccc4c(c3)sc3ccccc34)n2)cc1. The molecule has 11 aromatic rings. The standard InChI is InChI=1S/C45H26N4OS/c1-2-10-27(11-3-1)43-46-44(48-45(47-43)29-19-22-36-35-14-6-9-17-41(35)51-42(36)25-29)28-18-21-33-34-23-20-30(26-40(34)50-39(33)24-28)49-37-15-7-4-12-31(37)32-13-5-8-16-38(32)49/h1-26H. The number of furan rings is 1. The van der Waals surface area contributed by atoms with E-state index in [9.17, 15) is 0 Å². The average Bonchev–Trinajstić information content (AvgIpc) is 3.86. The maximum Gasteiger partial charge on any atom is 0.164 e. The first-order valence-electron chi connectivity index (χ1n) is 16.9. The maximum atomic E-state index is 6.60. The van der Waals surface area contributed by atoms with Gasteiger partial charge in [0.15, 0.2) is 17.5 Å². The monoisotopic (exact) mass is 670 g/mol. The van der Waals surface area contributed by atoms with E-state index in [4.69, 9.17) is 19.4 Å². The van der Waals surface area contributed by atoms with Crippen molar-refractivity contribution < 1.29 is 4.42 Å². The third kappa shape index (κ3) is 4.43. The fourth-order valence-electron chi connectivity index (χ4n) is 7.46. The number of benzene rings is 7. The minimum absolute atomic E-state index is 0.601. The maximum absolute atomic E-state index is 6.60. The molecule has 4 aromatic heterocycles. The highest BCUT2D eigenvalue weighted by Crippen LogP contribution is 2.38. The van der Waals surface area contributed by atoms with Crippen molar-refractivity contribution in [3.63, 3.8) is 0 Å². The Morgan fingerprint density at radius 1 is 0.392 bits per heavy atom.